The second-order valence-corrected chi connectivity index (χ2v) is 6.75. The molecule has 0 atom stereocenters. The number of hydrogen-bond acceptors (Lipinski definition) is 4. The molecule has 1 aromatic heterocycles. The van der Waals surface area contributed by atoms with Crippen LogP contribution in [0.25, 0.3) is 0 Å². The number of aryl methyl sites for hydroxylation is 3. The lowest BCUT2D eigenvalue weighted by Gasteiger charge is -2.16. The van der Waals surface area contributed by atoms with E-state index in [1.165, 1.54) is 6.92 Å². The van der Waals surface area contributed by atoms with Crippen LogP contribution < -0.4 is 16.0 Å². The Balaban J connectivity index is 2.61. The number of anilines is 1. The van der Waals surface area contributed by atoms with Gasteiger partial charge in [0.25, 0.3) is 15.6 Å². The summed E-state index contributed by atoms with van der Waals surface area (Å²) in [6.45, 7) is 5.22. The smallest absolute Gasteiger partial charge is 0.310 e. The lowest BCUT2D eigenvalue weighted by atomic mass is 10.0. The average molecular weight is 337 g/mol. The highest BCUT2D eigenvalue weighted by Gasteiger charge is 2.24. The van der Waals surface area contributed by atoms with Gasteiger partial charge < -0.3 is 4.98 Å². The van der Waals surface area contributed by atoms with Gasteiger partial charge in [-0.05, 0) is 30.9 Å². The first-order valence-corrected chi connectivity index (χ1v) is 8.75. The molecule has 0 aliphatic heterocycles. The van der Waals surface area contributed by atoms with Crippen molar-refractivity contribution in [2.75, 3.05) is 4.72 Å². The van der Waals surface area contributed by atoms with E-state index in [4.69, 9.17) is 0 Å². The number of rotatable bonds is 5. The first-order chi connectivity index (χ1) is 10.8. The molecule has 0 unspecified atom stereocenters. The second-order valence-electron chi connectivity index (χ2n) is 5.13. The van der Waals surface area contributed by atoms with E-state index in [9.17, 15) is 18.0 Å². The van der Waals surface area contributed by atoms with E-state index >= 15 is 0 Å². The summed E-state index contributed by atoms with van der Waals surface area (Å²) in [5.74, 6) is 0. The fraction of sp³-hybridized carbons (Fsp3) is 0.333. The van der Waals surface area contributed by atoms with Gasteiger partial charge in [0.2, 0.25) is 0 Å². The summed E-state index contributed by atoms with van der Waals surface area (Å²) < 4.78 is 27.8. The van der Waals surface area contributed by atoms with E-state index in [1.54, 1.807) is 0 Å². The Morgan fingerprint density at radius 3 is 2.09 bits per heavy atom. The molecule has 0 saturated carbocycles. The Morgan fingerprint density at radius 2 is 1.61 bits per heavy atom. The summed E-state index contributed by atoms with van der Waals surface area (Å²) in [5, 5.41) is 0. The molecule has 0 bridgehead atoms. The quantitative estimate of drug-likeness (QED) is 0.763. The molecule has 2 rings (SSSR count). The lowest BCUT2D eigenvalue weighted by Crippen LogP contribution is -2.31. The van der Waals surface area contributed by atoms with Crippen LogP contribution in [-0.2, 0) is 22.9 Å². The van der Waals surface area contributed by atoms with Crippen molar-refractivity contribution in [1.82, 2.24) is 9.97 Å². The lowest BCUT2D eigenvalue weighted by molar-refractivity contribution is 0.597. The van der Waals surface area contributed by atoms with Crippen LogP contribution in [0.15, 0.2) is 32.7 Å². The molecule has 3 N–H and O–H groups in total. The maximum absolute atomic E-state index is 12.6. The first kappa shape index (κ1) is 17.0. The molecule has 1 heterocycles. The minimum atomic E-state index is -4.12. The standard InChI is InChI=1S/C15H19N3O4S/c1-4-10-7-6-8-11(5-2)12(10)18-23(21,22)13-9(3)16-15(20)17-14(13)19/h6-8,18H,4-5H2,1-3H3,(H2,16,17,19,20). The van der Waals surface area contributed by atoms with Crippen LogP contribution in [0.3, 0.4) is 0 Å². The second kappa shape index (κ2) is 6.41. The minimum Gasteiger partial charge on any atom is -0.310 e. The average Bonchev–Trinajstić information content (AvgIpc) is 2.45. The van der Waals surface area contributed by atoms with Gasteiger partial charge in [0.15, 0.2) is 4.90 Å². The molecule has 0 radical (unpaired) electrons. The van der Waals surface area contributed by atoms with E-state index in [1.807, 2.05) is 37.0 Å². The highest BCUT2D eigenvalue weighted by atomic mass is 32.2. The van der Waals surface area contributed by atoms with Crippen molar-refractivity contribution in [2.24, 2.45) is 0 Å². The third-order valence-corrected chi connectivity index (χ3v) is 5.08. The summed E-state index contributed by atoms with van der Waals surface area (Å²) in [7, 11) is -4.12. The van der Waals surface area contributed by atoms with E-state index in [2.05, 4.69) is 9.71 Å². The van der Waals surface area contributed by atoms with Gasteiger partial charge in [-0.25, -0.2) is 13.2 Å². The number of nitrogens with one attached hydrogen (secondary N) is 3. The number of sulfonamides is 1. The summed E-state index contributed by atoms with van der Waals surface area (Å²) in [6, 6.07) is 5.54. The summed E-state index contributed by atoms with van der Waals surface area (Å²) in [5.41, 5.74) is 0.485. The van der Waals surface area contributed by atoms with E-state index in [-0.39, 0.29) is 5.69 Å². The van der Waals surface area contributed by atoms with Gasteiger partial charge in [-0.1, -0.05) is 32.0 Å². The molecule has 2 aromatic rings. The number of aromatic nitrogens is 2. The predicted molar refractivity (Wildman–Crippen MR) is 88.4 cm³/mol. The largest absolute Gasteiger partial charge is 0.325 e. The SMILES string of the molecule is CCc1cccc(CC)c1NS(=O)(=O)c1c(C)[nH]c(=O)[nH]c1=O. The van der Waals surface area contributed by atoms with Gasteiger partial charge in [-0.3, -0.25) is 14.5 Å². The van der Waals surface area contributed by atoms with Crippen molar-refractivity contribution in [3.63, 3.8) is 0 Å². The highest BCUT2D eigenvalue weighted by Crippen LogP contribution is 2.25. The van der Waals surface area contributed by atoms with Gasteiger partial charge in [-0.15, -0.1) is 0 Å². The molecule has 7 nitrogen and oxygen atoms in total. The third-order valence-electron chi connectivity index (χ3n) is 3.58. The van der Waals surface area contributed by atoms with Crippen LogP contribution in [0, 0.1) is 6.92 Å². The van der Waals surface area contributed by atoms with Crippen LogP contribution >= 0.6 is 0 Å². The molecule has 0 fully saturated rings. The molecular weight excluding hydrogens is 318 g/mol. The number of hydrogen-bond donors (Lipinski definition) is 3. The highest BCUT2D eigenvalue weighted by molar-refractivity contribution is 7.92. The van der Waals surface area contributed by atoms with Crippen molar-refractivity contribution in [3.05, 3.63) is 55.9 Å². The zero-order valence-electron chi connectivity index (χ0n) is 13.2. The van der Waals surface area contributed by atoms with Gasteiger partial charge in [0.05, 0.1) is 5.69 Å². The van der Waals surface area contributed by atoms with Crippen molar-refractivity contribution in [1.29, 1.82) is 0 Å². The molecule has 0 aliphatic carbocycles. The number of aromatic amines is 2. The Bertz CT molecular complexity index is 920. The first-order valence-electron chi connectivity index (χ1n) is 7.27. The van der Waals surface area contributed by atoms with Gasteiger partial charge in [-0.2, -0.15) is 0 Å². The fourth-order valence-corrected chi connectivity index (χ4v) is 3.85. The zero-order valence-corrected chi connectivity index (χ0v) is 14.0. The van der Waals surface area contributed by atoms with Crippen LogP contribution in [0.5, 0.6) is 0 Å². The normalized spacial score (nSPS) is 11.4. The molecule has 124 valence electrons. The molecule has 0 aliphatic rings. The molecule has 0 saturated heterocycles. The molecule has 0 amide bonds. The van der Waals surface area contributed by atoms with Gasteiger partial charge in [0.1, 0.15) is 0 Å². The molecule has 0 spiro atoms. The number of H-pyrrole nitrogens is 2. The summed E-state index contributed by atoms with van der Waals surface area (Å²) in [4.78, 5) is 26.9. The molecule has 1 aromatic carbocycles. The van der Waals surface area contributed by atoms with Crippen molar-refractivity contribution < 1.29 is 8.42 Å². The number of para-hydroxylation sites is 1. The Kier molecular flexibility index (Phi) is 4.74. The maximum atomic E-state index is 12.6. The zero-order chi connectivity index (χ0) is 17.2. The summed E-state index contributed by atoms with van der Waals surface area (Å²) in [6.07, 6.45) is 1.29. The van der Waals surface area contributed by atoms with Crippen molar-refractivity contribution in [3.8, 4) is 0 Å². The fourth-order valence-electron chi connectivity index (χ4n) is 2.47. The Morgan fingerprint density at radius 1 is 1.04 bits per heavy atom. The van der Waals surface area contributed by atoms with Gasteiger partial charge in [0, 0.05) is 5.69 Å². The summed E-state index contributed by atoms with van der Waals surface area (Å²) >= 11 is 0. The topological polar surface area (TPSA) is 112 Å². The Hall–Kier alpha value is -2.35. The Labute approximate surface area is 133 Å². The molecular formula is C15H19N3O4S. The number of benzene rings is 1. The maximum Gasteiger partial charge on any atom is 0.325 e. The van der Waals surface area contributed by atoms with Gasteiger partial charge >= 0.3 is 5.69 Å². The molecule has 8 heteroatoms. The van der Waals surface area contributed by atoms with E-state index in [0.29, 0.717) is 18.5 Å². The van der Waals surface area contributed by atoms with Crippen LogP contribution in [0.4, 0.5) is 5.69 Å². The van der Waals surface area contributed by atoms with Crippen LogP contribution in [0.2, 0.25) is 0 Å². The van der Waals surface area contributed by atoms with E-state index in [0.717, 1.165) is 11.1 Å². The molecule has 23 heavy (non-hydrogen) atoms. The van der Waals surface area contributed by atoms with Crippen LogP contribution in [0.1, 0.15) is 30.7 Å². The predicted octanol–water partition coefficient (Wildman–Crippen LogP) is 1.30. The van der Waals surface area contributed by atoms with Crippen molar-refractivity contribution >= 4 is 15.7 Å². The van der Waals surface area contributed by atoms with Crippen molar-refractivity contribution in [2.45, 2.75) is 38.5 Å². The third kappa shape index (κ3) is 3.37. The van der Waals surface area contributed by atoms with E-state index < -0.39 is 26.2 Å². The minimum absolute atomic E-state index is 0.00159. The monoisotopic (exact) mass is 337 g/mol. The van der Waals surface area contributed by atoms with Crippen LogP contribution in [-0.4, -0.2) is 18.4 Å².